The van der Waals surface area contributed by atoms with Crippen molar-refractivity contribution in [1.82, 2.24) is 9.55 Å². The van der Waals surface area contributed by atoms with Gasteiger partial charge in [-0.05, 0) is 18.6 Å². The molecule has 0 aliphatic rings. The molecule has 0 radical (unpaired) electrons. The van der Waals surface area contributed by atoms with Crippen LogP contribution in [-0.4, -0.2) is 16.2 Å². The Morgan fingerprint density at radius 2 is 2.18 bits per heavy atom. The zero-order valence-corrected chi connectivity index (χ0v) is 9.97. The van der Waals surface area contributed by atoms with E-state index in [0.29, 0.717) is 12.6 Å². The standard InChI is InChI=1S/C13H17N3O/c1-2-16-9-8-15-13(16)17-10-7-11-5-3-4-6-12(11)14/h3-6,8-9H,2,7,10,14H2,1H3. The largest absolute Gasteiger partial charge is 0.464 e. The fourth-order valence-corrected chi connectivity index (χ4v) is 1.69. The zero-order valence-electron chi connectivity index (χ0n) is 9.97. The van der Waals surface area contributed by atoms with Gasteiger partial charge in [-0.2, -0.15) is 0 Å². The smallest absolute Gasteiger partial charge is 0.296 e. The van der Waals surface area contributed by atoms with Crippen LogP contribution in [0.5, 0.6) is 6.01 Å². The molecule has 1 heterocycles. The van der Waals surface area contributed by atoms with E-state index in [1.165, 1.54) is 0 Å². The van der Waals surface area contributed by atoms with E-state index in [-0.39, 0.29) is 0 Å². The summed E-state index contributed by atoms with van der Waals surface area (Å²) in [6.45, 7) is 3.51. The molecular formula is C13H17N3O. The highest BCUT2D eigenvalue weighted by Gasteiger charge is 2.03. The van der Waals surface area contributed by atoms with Gasteiger partial charge in [0.15, 0.2) is 0 Å². The fraction of sp³-hybridized carbons (Fsp3) is 0.308. The minimum Gasteiger partial charge on any atom is -0.464 e. The molecule has 17 heavy (non-hydrogen) atoms. The SMILES string of the molecule is CCn1ccnc1OCCc1ccccc1N. The lowest BCUT2D eigenvalue weighted by Gasteiger charge is -2.08. The van der Waals surface area contributed by atoms with E-state index in [1.54, 1.807) is 6.20 Å². The Morgan fingerprint density at radius 3 is 2.94 bits per heavy atom. The number of benzene rings is 1. The number of anilines is 1. The topological polar surface area (TPSA) is 53.1 Å². The van der Waals surface area contributed by atoms with Crippen molar-refractivity contribution in [3.63, 3.8) is 0 Å². The molecule has 1 aromatic carbocycles. The number of rotatable bonds is 5. The lowest BCUT2D eigenvalue weighted by Crippen LogP contribution is -2.07. The number of aryl methyl sites for hydroxylation is 1. The van der Waals surface area contributed by atoms with Gasteiger partial charge in [0, 0.05) is 31.0 Å². The quantitative estimate of drug-likeness (QED) is 0.802. The number of aromatic nitrogens is 2. The summed E-state index contributed by atoms with van der Waals surface area (Å²) in [6, 6.07) is 8.51. The highest BCUT2D eigenvalue weighted by Crippen LogP contribution is 2.12. The van der Waals surface area contributed by atoms with E-state index in [1.807, 2.05) is 35.0 Å². The number of hydrogen-bond acceptors (Lipinski definition) is 3. The lowest BCUT2D eigenvalue weighted by molar-refractivity contribution is 0.283. The summed E-state index contributed by atoms with van der Waals surface area (Å²) >= 11 is 0. The molecule has 0 spiro atoms. The molecule has 0 unspecified atom stereocenters. The summed E-state index contributed by atoms with van der Waals surface area (Å²) in [5.41, 5.74) is 7.79. The average molecular weight is 231 g/mol. The summed E-state index contributed by atoms with van der Waals surface area (Å²) in [5, 5.41) is 0. The van der Waals surface area contributed by atoms with Gasteiger partial charge in [-0.25, -0.2) is 4.98 Å². The molecule has 0 saturated heterocycles. The van der Waals surface area contributed by atoms with Gasteiger partial charge in [0.2, 0.25) is 0 Å². The summed E-state index contributed by atoms with van der Waals surface area (Å²) in [4.78, 5) is 4.15. The highest BCUT2D eigenvalue weighted by atomic mass is 16.5. The zero-order chi connectivity index (χ0) is 12.1. The minimum atomic E-state index is 0.589. The molecule has 0 aliphatic heterocycles. The minimum absolute atomic E-state index is 0.589. The molecule has 4 nitrogen and oxygen atoms in total. The number of hydrogen-bond donors (Lipinski definition) is 1. The molecule has 4 heteroatoms. The molecule has 0 amide bonds. The molecule has 0 saturated carbocycles. The third-order valence-corrected chi connectivity index (χ3v) is 2.68. The Labute approximate surface area is 101 Å². The summed E-state index contributed by atoms with van der Waals surface area (Å²) in [7, 11) is 0. The maximum absolute atomic E-state index is 5.86. The first kappa shape index (κ1) is 11.5. The third kappa shape index (κ3) is 2.78. The van der Waals surface area contributed by atoms with E-state index < -0.39 is 0 Å². The van der Waals surface area contributed by atoms with Crippen molar-refractivity contribution in [2.24, 2.45) is 0 Å². The Balaban J connectivity index is 1.90. The van der Waals surface area contributed by atoms with Gasteiger partial charge >= 0.3 is 0 Å². The number of nitrogens with two attached hydrogens (primary N) is 1. The molecule has 2 rings (SSSR count). The maximum atomic E-state index is 5.86. The van der Waals surface area contributed by atoms with Gasteiger partial charge in [-0.1, -0.05) is 18.2 Å². The van der Waals surface area contributed by atoms with Crippen LogP contribution in [0, 0.1) is 0 Å². The van der Waals surface area contributed by atoms with Gasteiger partial charge in [-0.15, -0.1) is 0 Å². The number of nitrogens with zero attached hydrogens (tertiary/aromatic N) is 2. The Morgan fingerprint density at radius 1 is 1.35 bits per heavy atom. The van der Waals surface area contributed by atoms with Crippen LogP contribution in [0.4, 0.5) is 5.69 Å². The van der Waals surface area contributed by atoms with Crippen LogP contribution >= 0.6 is 0 Å². The number of ether oxygens (including phenoxy) is 1. The Kier molecular flexibility index (Phi) is 3.65. The summed E-state index contributed by atoms with van der Waals surface area (Å²) in [6.07, 6.45) is 4.45. The van der Waals surface area contributed by atoms with E-state index >= 15 is 0 Å². The van der Waals surface area contributed by atoms with E-state index in [4.69, 9.17) is 10.5 Å². The van der Waals surface area contributed by atoms with Crippen LogP contribution in [0.1, 0.15) is 12.5 Å². The summed E-state index contributed by atoms with van der Waals surface area (Å²) < 4.78 is 7.59. The molecule has 1 aromatic heterocycles. The van der Waals surface area contributed by atoms with E-state index in [9.17, 15) is 0 Å². The molecule has 0 fully saturated rings. The number of imidazole rings is 1. The van der Waals surface area contributed by atoms with Gasteiger partial charge in [0.1, 0.15) is 0 Å². The second-order valence-electron chi connectivity index (χ2n) is 3.79. The van der Waals surface area contributed by atoms with Crippen LogP contribution in [-0.2, 0) is 13.0 Å². The van der Waals surface area contributed by atoms with Crippen LogP contribution in [0.2, 0.25) is 0 Å². The second kappa shape index (κ2) is 5.39. The van der Waals surface area contributed by atoms with E-state index in [0.717, 1.165) is 24.2 Å². The molecule has 2 N–H and O–H groups in total. The first-order valence-electron chi connectivity index (χ1n) is 5.78. The van der Waals surface area contributed by atoms with Crippen molar-refractivity contribution in [2.45, 2.75) is 19.9 Å². The monoisotopic (exact) mass is 231 g/mol. The van der Waals surface area contributed by atoms with Crippen LogP contribution in [0.25, 0.3) is 0 Å². The molecule has 0 bridgehead atoms. The van der Waals surface area contributed by atoms with Crippen molar-refractivity contribution in [2.75, 3.05) is 12.3 Å². The van der Waals surface area contributed by atoms with Crippen LogP contribution in [0.3, 0.4) is 0 Å². The van der Waals surface area contributed by atoms with Crippen molar-refractivity contribution < 1.29 is 4.74 Å². The predicted octanol–water partition coefficient (Wildman–Crippen LogP) is 2.11. The first-order valence-corrected chi connectivity index (χ1v) is 5.78. The normalized spacial score (nSPS) is 10.4. The van der Waals surface area contributed by atoms with Gasteiger partial charge in [0.25, 0.3) is 6.01 Å². The number of nitrogen functional groups attached to an aromatic ring is 1. The van der Waals surface area contributed by atoms with Crippen molar-refractivity contribution >= 4 is 5.69 Å². The third-order valence-electron chi connectivity index (χ3n) is 2.68. The second-order valence-corrected chi connectivity index (χ2v) is 3.79. The van der Waals surface area contributed by atoms with Crippen LogP contribution in [0.15, 0.2) is 36.7 Å². The Hall–Kier alpha value is -1.97. The molecule has 2 aromatic rings. The maximum Gasteiger partial charge on any atom is 0.296 e. The molecule has 0 atom stereocenters. The predicted molar refractivity (Wildman–Crippen MR) is 68.0 cm³/mol. The first-order chi connectivity index (χ1) is 8.31. The van der Waals surface area contributed by atoms with Crippen molar-refractivity contribution in [3.05, 3.63) is 42.2 Å². The molecule has 90 valence electrons. The lowest BCUT2D eigenvalue weighted by atomic mass is 10.1. The van der Waals surface area contributed by atoms with E-state index in [2.05, 4.69) is 11.9 Å². The average Bonchev–Trinajstić information content (AvgIpc) is 2.79. The van der Waals surface area contributed by atoms with Crippen molar-refractivity contribution in [3.8, 4) is 6.01 Å². The van der Waals surface area contributed by atoms with Gasteiger partial charge in [-0.3, -0.25) is 0 Å². The number of para-hydroxylation sites is 1. The van der Waals surface area contributed by atoms with Gasteiger partial charge < -0.3 is 15.0 Å². The Bertz CT molecular complexity index is 479. The van der Waals surface area contributed by atoms with Gasteiger partial charge in [0.05, 0.1) is 6.61 Å². The molecule has 0 aliphatic carbocycles. The summed E-state index contributed by atoms with van der Waals surface area (Å²) in [5.74, 6) is 0. The fourth-order valence-electron chi connectivity index (χ4n) is 1.69. The van der Waals surface area contributed by atoms with Crippen LogP contribution < -0.4 is 10.5 Å². The molecular weight excluding hydrogens is 214 g/mol. The van der Waals surface area contributed by atoms with Crippen molar-refractivity contribution in [1.29, 1.82) is 0 Å². The highest BCUT2D eigenvalue weighted by molar-refractivity contribution is 5.46.